The normalized spacial score (nSPS) is 15.5. The van der Waals surface area contributed by atoms with E-state index in [-0.39, 0.29) is 5.91 Å². The molecule has 104 valence electrons. The molecular formula is C14H19ClN2O2. The molecule has 0 radical (unpaired) electrons. The molecule has 1 amide bonds. The van der Waals surface area contributed by atoms with Crippen LogP contribution in [0.5, 0.6) is 5.75 Å². The number of rotatable bonds is 5. The van der Waals surface area contributed by atoms with Crippen molar-refractivity contribution >= 4 is 17.5 Å². The van der Waals surface area contributed by atoms with Gasteiger partial charge in [0.05, 0.1) is 18.9 Å². The second kappa shape index (κ2) is 6.75. The van der Waals surface area contributed by atoms with Gasteiger partial charge in [-0.1, -0.05) is 12.8 Å². The predicted molar refractivity (Wildman–Crippen MR) is 74.8 cm³/mol. The summed E-state index contributed by atoms with van der Waals surface area (Å²) in [6.45, 7) is 0.580. The topological polar surface area (TPSA) is 42.4 Å². The molecule has 1 aromatic rings. The van der Waals surface area contributed by atoms with Crippen LogP contribution in [0.3, 0.4) is 0 Å². The first kappa shape index (κ1) is 14.1. The second-order valence-electron chi connectivity index (χ2n) is 4.70. The van der Waals surface area contributed by atoms with Crippen LogP contribution < -0.4 is 4.74 Å². The van der Waals surface area contributed by atoms with Gasteiger partial charge >= 0.3 is 0 Å². The van der Waals surface area contributed by atoms with Crippen molar-refractivity contribution in [2.24, 2.45) is 0 Å². The van der Waals surface area contributed by atoms with Crippen LogP contribution in [0.25, 0.3) is 0 Å². The summed E-state index contributed by atoms with van der Waals surface area (Å²) in [5, 5.41) is 0. The molecule has 0 N–H and O–H groups in total. The van der Waals surface area contributed by atoms with Crippen LogP contribution in [0.15, 0.2) is 18.5 Å². The third-order valence-corrected chi connectivity index (χ3v) is 3.76. The van der Waals surface area contributed by atoms with Gasteiger partial charge in [-0.05, 0) is 18.9 Å². The van der Waals surface area contributed by atoms with Gasteiger partial charge in [-0.2, -0.15) is 0 Å². The van der Waals surface area contributed by atoms with Crippen molar-refractivity contribution in [1.82, 2.24) is 9.88 Å². The fraction of sp³-hybridized carbons (Fsp3) is 0.571. The number of nitrogens with zero attached hydrogens (tertiary/aromatic N) is 2. The van der Waals surface area contributed by atoms with E-state index in [1.54, 1.807) is 25.6 Å². The van der Waals surface area contributed by atoms with Crippen molar-refractivity contribution in [2.75, 3.05) is 19.5 Å². The number of amides is 1. The molecule has 5 heteroatoms. The summed E-state index contributed by atoms with van der Waals surface area (Å²) in [7, 11) is 1.55. The number of aromatic nitrogens is 1. The monoisotopic (exact) mass is 282 g/mol. The highest BCUT2D eigenvalue weighted by Gasteiger charge is 2.28. The lowest BCUT2D eigenvalue weighted by molar-refractivity contribution is 0.0691. The van der Waals surface area contributed by atoms with Crippen molar-refractivity contribution in [3.8, 4) is 5.75 Å². The minimum Gasteiger partial charge on any atom is -0.494 e. The molecule has 4 nitrogen and oxygen atoms in total. The van der Waals surface area contributed by atoms with E-state index in [0.717, 1.165) is 12.8 Å². The molecule has 1 aromatic heterocycles. The third kappa shape index (κ3) is 3.18. The maximum atomic E-state index is 12.7. The minimum atomic E-state index is -0.00759. The summed E-state index contributed by atoms with van der Waals surface area (Å²) in [4.78, 5) is 18.5. The Morgan fingerprint density at radius 3 is 2.89 bits per heavy atom. The summed E-state index contributed by atoms with van der Waals surface area (Å²) < 4.78 is 5.21. The number of pyridine rings is 1. The maximum Gasteiger partial charge on any atom is 0.258 e. The molecule has 2 rings (SSSR count). The lowest BCUT2D eigenvalue weighted by atomic mass is 10.1. The first-order chi connectivity index (χ1) is 9.27. The van der Waals surface area contributed by atoms with Gasteiger partial charge in [0.15, 0.2) is 0 Å². The highest BCUT2D eigenvalue weighted by atomic mass is 35.5. The molecule has 0 saturated heterocycles. The lowest BCUT2D eigenvalue weighted by Crippen LogP contribution is -2.40. The van der Waals surface area contributed by atoms with E-state index in [1.165, 1.54) is 12.8 Å². The molecule has 0 unspecified atom stereocenters. The largest absolute Gasteiger partial charge is 0.494 e. The molecule has 1 fully saturated rings. The molecule has 0 spiro atoms. The Labute approximate surface area is 118 Å². The zero-order valence-electron chi connectivity index (χ0n) is 11.1. The van der Waals surface area contributed by atoms with Crippen LogP contribution in [0.2, 0.25) is 0 Å². The fourth-order valence-electron chi connectivity index (χ4n) is 2.63. The van der Waals surface area contributed by atoms with E-state index in [9.17, 15) is 4.79 Å². The van der Waals surface area contributed by atoms with Gasteiger partial charge in [0, 0.05) is 24.7 Å². The van der Waals surface area contributed by atoms with Crippen LogP contribution >= 0.6 is 11.6 Å². The van der Waals surface area contributed by atoms with Gasteiger partial charge < -0.3 is 9.64 Å². The van der Waals surface area contributed by atoms with E-state index in [1.807, 2.05) is 4.90 Å². The molecule has 1 aliphatic rings. The molecular weight excluding hydrogens is 264 g/mol. The summed E-state index contributed by atoms with van der Waals surface area (Å²) >= 11 is 5.84. The van der Waals surface area contributed by atoms with Crippen molar-refractivity contribution in [3.05, 3.63) is 24.0 Å². The molecule has 0 bridgehead atoms. The molecule has 1 saturated carbocycles. The average Bonchev–Trinajstić information content (AvgIpc) is 2.98. The summed E-state index contributed by atoms with van der Waals surface area (Å²) in [5.74, 6) is 0.965. The van der Waals surface area contributed by atoms with Crippen LogP contribution in [0.4, 0.5) is 0 Å². The van der Waals surface area contributed by atoms with Gasteiger partial charge in [0.2, 0.25) is 0 Å². The number of halogens is 1. The lowest BCUT2D eigenvalue weighted by Gasteiger charge is -2.28. The first-order valence-electron chi connectivity index (χ1n) is 6.63. The Balaban J connectivity index is 2.22. The van der Waals surface area contributed by atoms with Gasteiger partial charge in [-0.25, -0.2) is 0 Å². The number of hydrogen-bond acceptors (Lipinski definition) is 3. The number of carbonyl (C=O) groups excluding carboxylic acids is 1. The van der Waals surface area contributed by atoms with E-state index in [4.69, 9.17) is 16.3 Å². The van der Waals surface area contributed by atoms with Crippen LogP contribution in [-0.2, 0) is 0 Å². The van der Waals surface area contributed by atoms with Crippen LogP contribution in [0, 0.1) is 0 Å². The molecule has 1 aliphatic carbocycles. The first-order valence-corrected chi connectivity index (χ1v) is 7.16. The quantitative estimate of drug-likeness (QED) is 0.780. The van der Waals surface area contributed by atoms with Gasteiger partial charge in [0.1, 0.15) is 5.75 Å². The number of ether oxygens (including phenoxy) is 1. The summed E-state index contributed by atoms with van der Waals surface area (Å²) in [6.07, 6.45) is 7.69. The van der Waals surface area contributed by atoms with Gasteiger partial charge in [0.25, 0.3) is 5.91 Å². The summed E-state index contributed by atoms with van der Waals surface area (Å²) in [5.41, 5.74) is 0.564. The highest BCUT2D eigenvalue weighted by Crippen LogP contribution is 2.27. The Morgan fingerprint density at radius 1 is 1.53 bits per heavy atom. The predicted octanol–water partition coefficient (Wildman–Crippen LogP) is 2.71. The maximum absolute atomic E-state index is 12.7. The molecule has 0 atom stereocenters. The Bertz CT molecular complexity index is 433. The van der Waals surface area contributed by atoms with Gasteiger partial charge in [-0.15, -0.1) is 11.6 Å². The number of hydrogen-bond donors (Lipinski definition) is 0. The highest BCUT2D eigenvalue weighted by molar-refractivity contribution is 6.18. The number of carbonyl (C=O) groups is 1. The van der Waals surface area contributed by atoms with E-state index in [0.29, 0.717) is 29.8 Å². The van der Waals surface area contributed by atoms with E-state index < -0.39 is 0 Å². The number of methoxy groups -OCH3 is 1. The van der Waals surface area contributed by atoms with E-state index in [2.05, 4.69) is 4.98 Å². The number of alkyl halides is 1. The molecule has 1 heterocycles. The third-order valence-electron chi connectivity index (χ3n) is 3.59. The van der Waals surface area contributed by atoms with Crippen LogP contribution in [-0.4, -0.2) is 41.4 Å². The Kier molecular flexibility index (Phi) is 5.02. The van der Waals surface area contributed by atoms with Crippen molar-refractivity contribution in [2.45, 2.75) is 31.7 Å². The van der Waals surface area contributed by atoms with Crippen molar-refractivity contribution < 1.29 is 9.53 Å². The second-order valence-corrected chi connectivity index (χ2v) is 5.08. The fourth-order valence-corrected chi connectivity index (χ4v) is 2.81. The minimum absolute atomic E-state index is 0.00759. The zero-order valence-corrected chi connectivity index (χ0v) is 11.9. The van der Waals surface area contributed by atoms with Crippen molar-refractivity contribution in [3.63, 3.8) is 0 Å². The summed E-state index contributed by atoms with van der Waals surface area (Å²) in [6, 6.07) is 2.02. The molecule has 0 aliphatic heterocycles. The smallest absolute Gasteiger partial charge is 0.258 e. The van der Waals surface area contributed by atoms with Crippen molar-refractivity contribution in [1.29, 1.82) is 0 Å². The SMILES string of the molecule is COc1cnccc1C(=O)N(CCCl)C1CCCC1. The Hall–Kier alpha value is -1.29. The zero-order chi connectivity index (χ0) is 13.7. The van der Waals surface area contributed by atoms with Gasteiger partial charge in [-0.3, -0.25) is 9.78 Å². The van der Waals surface area contributed by atoms with E-state index >= 15 is 0 Å². The van der Waals surface area contributed by atoms with Crippen LogP contribution in [0.1, 0.15) is 36.0 Å². The average molecular weight is 283 g/mol. The Morgan fingerprint density at radius 2 is 2.26 bits per heavy atom. The standard InChI is InChI=1S/C14H19ClN2O2/c1-19-13-10-16-8-6-12(13)14(18)17(9-7-15)11-4-2-3-5-11/h6,8,10-11H,2-5,7,9H2,1H3. The molecule has 19 heavy (non-hydrogen) atoms. The molecule has 0 aromatic carbocycles.